The van der Waals surface area contributed by atoms with Gasteiger partial charge >= 0.3 is 0 Å². The van der Waals surface area contributed by atoms with Crippen LogP contribution in [0, 0.1) is 0 Å². The summed E-state index contributed by atoms with van der Waals surface area (Å²) >= 11 is 0. The molecule has 0 aliphatic heterocycles. The van der Waals surface area contributed by atoms with E-state index < -0.39 is 0 Å². The lowest BCUT2D eigenvalue weighted by Crippen LogP contribution is -2.14. The van der Waals surface area contributed by atoms with Gasteiger partial charge in [0.2, 0.25) is 0 Å². The highest BCUT2D eigenvalue weighted by molar-refractivity contribution is 6.00. The molecule has 12 rings (SSSR count). The molecule has 9 aromatic carbocycles. The molecule has 0 radical (unpaired) electrons. The van der Waals surface area contributed by atoms with Gasteiger partial charge in [0.25, 0.3) is 0 Å². The molecule has 0 amide bonds. The highest BCUT2D eigenvalue weighted by Crippen LogP contribution is 2.55. The predicted octanol–water partition coefficient (Wildman–Crippen LogP) is 15.7. The van der Waals surface area contributed by atoms with Crippen LogP contribution in [0.2, 0.25) is 0 Å². The Labute approximate surface area is 363 Å². The van der Waals surface area contributed by atoms with E-state index in [1.807, 2.05) is 6.07 Å². The average molecular weight is 793 g/mol. The average Bonchev–Trinajstić information content (AvgIpc) is 3.68. The van der Waals surface area contributed by atoms with Gasteiger partial charge in [-0.2, -0.15) is 0 Å². The maximum atomic E-state index is 5.28. The summed E-state index contributed by atoms with van der Waals surface area (Å²) in [4.78, 5) is 10.6. The Bertz CT molecular complexity index is 3250. The molecule has 0 bridgehead atoms. The number of hydrogen-bond donors (Lipinski definition) is 0. The van der Waals surface area contributed by atoms with Gasteiger partial charge in [-0.25, -0.2) is 9.97 Å². The van der Waals surface area contributed by atoms with Crippen molar-refractivity contribution in [3.63, 3.8) is 0 Å². The van der Waals surface area contributed by atoms with E-state index in [0.29, 0.717) is 5.82 Å². The van der Waals surface area contributed by atoms with Gasteiger partial charge in [0.05, 0.1) is 11.4 Å². The van der Waals surface area contributed by atoms with Crippen LogP contribution in [-0.2, 0) is 10.8 Å². The van der Waals surface area contributed by atoms with Gasteiger partial charge in [-0.3, -0.25) is 0 Å². The minimum atomic E-state index is -0.114. The highest BCUT2D eigenvalue weighted by atomic mass is 14.9. The molecule has 0 unspecified atom stereocenters. The van der Waals surface area contributed by atoms with Crippen LogP contribution < -0.4 is 0 Å². The second-order valence-corrected chi connectivity index (χ2v) is 18.2. The maximum Gasteiger partial charge on any atom is 0.160 e. The van der Waals surface area contributed by atoms with E-state index in [-0.39, 0.29) is 10.8 Å². The van der Waals surface area contributed by atoms with Crippen LogP contribution in [0.1, 0.15) is 49.9 Å². The van der Waals surface area contributed by atoms with E-state index in [0.717, 1.165) is 28.1 Å². The van der Waals surface area contributed by atoms with E-state index in [2.05, 4.69) is 216 Å². The Morgan fingerprint density at radius 1 is 0.290 bits per heavy atom. The topological polar surface area (TPSA) is 25.8 Å². The second-order valence-electron chi connectivity index (χ2n) is 18.2. The Morgan fingerprint density at radius 2 is 0.677 bits per heavy atom. The van der Waals surface area contributed by atoms with Crippen LogP contribution in [-0.4, -0.2) is 9.97 Å². The Kier molecular flexibility index (Phi) is 7.96. The number of fused-ring (bicyclic) bond motifs is 8. The molecular formula is C60H44N2. The molecular weight excluding hydrogens is 749 g/mol. The van der Waals surface area contributed by atoms with Gasteiger partial charge in [0, 0.05) is 27.5 Å². The molecule has 1 aromatic heterocycles. The first-order chi connectivity index (χ1) is 30.2. The summed E-state index contributed by atoms with van der Waals surface area (Å²) in [5, 5.41) is 5.10. The van der Waals surface area contributed by atoms with E-state index in [1.54, 1.807) is 0 Å². The fraction of sp³-hybridized carbons (Fsp3) is 0.100. The molecule has 294 valence electrons. The van der Waals surface area contributed by atoms with Crippen molar-refractivity contribution in [1.29, 1.82) is 0 Å². The first-order valence-corrected chi connectivity index (χ1v) is 21.7. The standard InChI is InChI=1S/C60H44N2/c1-59(2)50-28-14-26-46(56(50)48-32-38-18-8-10-20-40(38)34-52(48)59)42-22-12-24-44(30-42)54-36-55(62-58(61-54)37-16-6-5-7-17-37)45-25-13-23-43(31-45)47-27-15-29-51-57(47)49-33-39-19-9-11-21-41(39)35-53(49)60(51,3)4/h5-36H,1-4H3. The van der Waals surface area contributed by atoms with Crippen molar-refractivity contribution in [1.82, 2.24) is 9.97 Å². The summed E-state index contributed by atoms with van der Waals surface area (Å²) in [6, 6.07) is 71.1. The van der Waals surface area contributed by atoms with Crippen molar-refractivity contribution < 1.29 is 0 Å². The lowest BCUT2D eigenvalue weighted by atomic mass is 9.81. The normalized spacial score (nSPS) is 14.1. The summed E-state index contributed by atoms with van der Waals surface area (Å²) < 4.78 is 0. The zero-order valence-corrected chi connectivity index (χ0v) is 35.4. The molecule has 2 aliphatic rings. The molecule has 0 N–H and O–H groups in total. The highest BCUT2D eigenvalue weighted by Gasteiger charge is 2.38. The monoisotopic (exact) mass is 792 g/mol. The first kappa shape index (κ1) is 36.4. The van der Waals surface area contributed by atoms with Crippen LogP contribution in [0.4, 0.5) is 0 Å². The van der Waals surface area contributed by atoms with Gasteiger partial charge in [-0.1, -0.05) is 179 Å². The zero-order chi connectivity index (χ0) is 41.7. The second kappa shape index (κ2) is 13.5. The van der Waals surface area contributed by atoms with Crippen molar-refractivity contribution in [2.75, 3.05) is 0 Å². The van der Waals surface area contributed by atoms with Crippen molar-refractivity contribution >= 4 is 21.5 Å². The Balaban J connectivity index is 0.993. The molecule has 2 heteroatoms. The van der Waals surface area contributed by atoms with Crippen LogP contribution in [0.25, 0.3) is 100.0 Å². The minimum absolute atomic E-state index is 0.114. The van der Waals surface area contributed by atoms with Crippen LogP contribution in [0.5, 0.6) is 0 Å². The number of nitrogens with zero attached hydrogens (tertiary/aromatic N) is 2. The minimum Gasteiger partial charge on any atom is -0.228 e. The molecule has 2 aliphatic carbocycles. The smallest absolute Gasteiger partial charge is 0.160 e. The third-order valence-electron chi connectivity index (χ3n) is 13.8. The number of rotatable bonds is 5. The van der Waals surface area contributed by atoms with Gasteiger partial charge in [-0.05, 0) is 131 Å². The van der Waals surface area contributed by atoms with Gasteiger partial charge < -0.3 is 0 Å². The van der Waals surface area contributed by atoms with Crippen molar-refractivity contribution in [2.45, 2.75) is 38.5 Å². The lowest BCUT2D eigenvalue weighted by molar-refractivity contribution is 0.661. The SMILES string of the molecule is CC1(C)c2cc3ccccc3cc2-c2c(-c3cccc(-c4cc(-c5cccc(-c6cccc7c6-c6cc8ccccc8cc6C7(C)C)c5)nc(-c5ccccc5)n4)c3)cccc21. The summed E-state index contributed by atoms with van der Waals surface area (Å²) in [5.41, 5.74) is 20.3. The molecule has 0 spiro atoms. The number of hydrogen-bond acceptors (Lipinski definition) is 2. The van der Waals surface area contributed by atoms with Gasteiger partial charge in [0.15, 0.2) is 5.82 Å². The van der Waals surface area contributed by atoms with Crippen LogP contribution >= 0.6 is 0 Å². The van der Waals surface area contributed by atoms with Crippen molar-refractivity contribution in [2.24, 2.45) is 0 Å². The molecule has 0 atom stereocenters. The fourth-order valence-corrected chi connectivity index (χ4v) is 10.6. The Hall–Kier alpha value is -7.42. The van der Waals surface area contributed by atoms with Crippen LogP contribution in [0.3, 0.4) is 0 Å². The number of aromatic nitrogens is 2. The van der Waals surface area contributed by atoms with E-state index in [1.165, 1.54) is 88.3 Å². The summed E-state index contributed by atoms with van der Waals surface area (Å²) in [5.74, 6) is 0.709. The summed E-state index contributed by atoms with van der Waals surface area (Å²) in [6.45, 7) is 9.45. The van der Waals surface area contributed by atoms with Gasteiger partial charge in [-0.15, -0.1) is 0 Å². The molecule has 0 fully saturated rings. The summed E-state index contributed by atoms with van der Waals surface area (Å²) in [7, 11) is 0. The fourth-order valence-electron chi connectivity index (χ4n) is 10.6. The quantitative estimate of drug-likeness (QED) is 0.173. The van der Waals surface area contributed by atoms with Gasteiger partial charge in [0.1, 0.15) is 0 Å². The van der Waals surface area contributed by atoms with Crippen molar-refractivity contribution in [3.05, 3.63) is 216 Å². The van der Waals surface area contributed by atoms with Crippen molar-refractivity contribution in [3.8, 4) is 78.4 Å². The molecule has 62 heavy (non-hydrogen) atoms. The molecule has 0 saturated heterocycles. The molecule has 0 saturated carbocycles. The number of benzene rings is 9. The zero-order valence-electron chi connectivity index (χ0n) is 35.4. The van der Waals surface area contributed by atoms with E-state index in [9.17, 15) is 0 Å². The van der Waals surface area contributed by atoms with Crippen LogP contribution in [0.15, 0.2) is 194 Å². The molecule has 2 nitrogen and oxygen atoms in total. The predicted molar refractivity (Wildman–Crippen MR) is 259 cm³/mol. The third-order valence-corrected chi connectivity index (χ3v) is 13.8. The first-order valence-electron chi connectivity index (χ1n) is 21.7. The van der Waals surface area contributed by atoms with E-state index >= 15 is 0 Å². The molecule has 10 aromatic rings. The largest absolute Gasteiger partial charge is 0.228 e. The summed E-state index contributed by atoms with van der Waals surface area (Å²) in [6.07, 6.45) is 0. The maximum absolute atomic E-state index is 5.28. The Morgan fingerprint density at radius 3 is 1.15 bits per heavy atom. The van der Waals surface area contributed by atoms with E-state index in [4.69, 9.17) is 9.97 Å². The third kappa shape index (κ3) is 5.56. The molecule has 1 heterocycles. The lowest BCUT2D eigenvalue weighted by Gasteiger charge is -2.22.